The number of fused-ring (bicyclic) bond motifs is 1. The molecular weight excluding hydrogens is 396 g/mol. The van der Waals surface area contributed by atoms with E-state index in [2.05, 4.69) is 27.7 Å². The Morgan fingerprint density at radius 1 is 0.935 bits per heavy atom. The summed E-state index contributed by atoms with van der Waals surface area (Å²) in [5, 5.41) is 0. The fraction of sp³-hybridized carbons (Fsp3) is 0.640. The number of hydrogen-bond acceptors (Lipinski definition) is 6. The SMILES string of the molecule is COC(=O)O[C@@H]1CCC(C)(C)C2=C1Cc1c(c(OC)c(C(C)C)c(OC)c1OC)CC2. The van der Waals surface area contributed by atoms with Crippen LogP contribution in [0.4, 0.5) is 4.79 Å². The molecule has 0 fully saturated rings. The second kappa shape index (κ2) is 9.01. The highest BCUT2D eigenvalue weighted by atomic mass is 16.7. The topological polar surface area (TPSA) is 63.2 Å². The Morgan fingerprint density at radius 3 is 2.13 bits per heavy atom. The predicted molar refractivity (Wildman–Crippen MR) is 120 cm³/mol. The van der Waals surface area contributed by atoms with Crippen molar-refractivity contribution < 1.29 is 28.5 Å². The minimum atomic E-state index is -0.640. The number of carbonyl (C=O) groups excluding carboxylic acids is 1. The highest BCUT2D eigenvalue weighted by molar-refractivity contribution is 5.66. The van der Waals surface area contributed by atoms with Gasteiger partial charge >= 0.3 is 6.16 Å². The van der Waals surface area contributed by atoms with E-state index in [1.807, 2.05) is 0 Å². The number of benzene rings is 1. The van der Waals surface area contributed by atoms with Crippen molar-refractivity contribution in [2.24, 2.45) is 5.41 Å². The van der Waals surface area contributed by atoms with Gasteiger partial charge in [0.1, 0.15) is 11.9 Å². The predicted octanol–water partition coefficient (Wildman–Crippen LogP) is 5.59. The van der Waals surface area contributed by atoms with Gasteiger partial charge in [-0.15, -0.1) is 0 Å². The Hall–Kier alpha value is -2.37. The first-order valence-corrected chi connectivity index (χ1v) is 11.0. The van der Waals surface area contributed by atoms with Crippen LogP contribution in [-0.4, -0.2) is 40.7 Å². The molecule has 0 N–H and O–H groups in total. The summed E-state index contributed by atoms with van der Waals surface area (Å²) in [6, 6.07) is 0. The van der Waals surface area contributed by atoms with Crippen molar-refractivity contribution in [3.05, 3.63) is 27.8 Å². The molecule has 0 saturated heterocycles. The smallest absolute Gasteiger partial charge is 0.496 e. The Bertz CT molecular complexity index is 881. The molecule has 2 aliphatic rings. The number of ether oxygens (including phenoxy) is 5. The van der Waals surface area contributed by atoms with Gasteiger partial charge in [-0.2, -0.15) is 0 Å². The summed E-state index contributed by atoms with van der Waals surface area (Å²) < 4.78 is 28.2. The van der Waals surface area contributed by atoms with Crippen LogP contribution in [0.5, 0.6) is 17.2 Å². The quantitative estimate of drug-likeness (QED) is 0.446. The Kier molecular flexibility index (Phi) is 6.77. The third-order valence-electron chi connectivity index (χ3n) is 6.82. The molecule has 0 amide bonds. The summed E-state index contributed by atoms with van der Waals surface area (Å²) in [5.74, 6) is 2.56. The van der Waals surface area contributed by atoms with Gasteiger partial charge in [-0.25, -0.2) is 4.79 Å². The molecule has 1 aromatic rings. The van der Waals surface area contributed by atoms with Gasteiger partial charge < -0.3 is 23.7 Å². The van der Waals surface area contributed by atoms with Crippen LogP contribution in [0.2, 0.25) is 0 Å². The summed E-state index contributed by atoms with van der Waals surface area (Å²) in [6.45, 7) is 8.83. The molecule has 0 heterocycles. The molecular formula is C25H36O6. The Balaban J connectivity index is 2.23. The molecule has 2 aliphatic carbocycles. The zero-order valence-corrected chi connectivity index (χ0v) is 20.1. The molecule has 1 aromatic carbocycles. The number of carbonyl (C=O) groups is 1. The number of rotatable bonds is 5. The van der Waals surface area contributed by atoms with Gasteiger partial charge in [-0.05, 0) is 42.6 Å². The molecule has 0 spiro atoms. The van der Waals surface area contributed by atoms with Gasteiger partial charge in [-0.3, -0.25) is 0 Å². The molecule has 0 bridgehead atoms. The number of hydrogen-bond donors (Lipinski definition) is 0. The minimum Gasteiger partial charge on any atom is -0.496 e. The monoisotopic (exact) mass is 432 g/mol. The van der Waals surface area contributed by atoms with Crippen LogP contribution >= 0.6 is 0 Å². The lowest BCUT2D eigenvalue weighted by Crippen LogP contribution is -2.32. The molecule has 0 saturated carbocycles. The highest BCUT2D eigenvalue weighted by Crippen LogP contribution is 2.53. The second-order valence-electron chi connectivity index (χ2n) is 9.29. The third-order valence-corrected chi connectivity index (χ3v) is 6.82. The van der Waals surface area contributed by atoms with Crippen LogP contribution in [0.1, 0.15) is 69.6 Å². The molecule has 172 valence electrons. The lowest BCUT2D eigenvalue weighted by atomic mass is 9.69. The molecule has 0 aromatic heterocycles. The maximum atomic E-state index is 12.0. The second-order valence-corrected chi connectivity index (χ2v) is 9.29. The Labute approximate surface area is 185 Å². The first-order chi connectivity index (χ1) is 14.7. The molecule has 0 radical (unpaired) electrons. The maximum Gasteiger partial charge on any atom is 0.508 e. The van der Waals surface area contributed by atoms with E-state index in [4.69, 9.17) is 23.7 Å². The summed E-state index contributed by atoms with van der Waals surface area (Å²) in [5.41, 5.74) is 5.80. The first kappa shape index (κ1) is 23.3. The van der Waals surface area contributed by atoms with Gasteiger partial charge in [0, 0.05) is 23.1 Å². The average molecular weight is 433 g/mol. The lowest BCUT2D eigenvalue weighted by Gasteiger charge is -2.38. The van der Waals surface area contributed by atoms with Crippen molar-refractivity contribution in [3.8, 4) is 17.2 Å². The fourth-order valence-electron chi connectivity index (χ4n) is 5.33. The van der Waals surface area contributed by atoms with Crippen LogP contribution in [-0.2, 0) is 22.3 Å². The molecule has 1 atom stereocenters. The van der Waals surface area contributed by atoms with E-state index < -0.39 is 6.16 Å². The van der Waals surface area contributed by atoms with Gasteiger partial charge in [0.25, 0.3) is 0 Å². The molecule has 31 heavy (non-hydrogen) atoms. The van der Waals surface area contributed by atoms with Gasteiger partial charge in [0.15, 0.2) is 11.5 Å². The van der Waals surface area contributed by atoms with Crippen molar-refractivity contribution in [2.45, 2.75) is 71.8 Å². The molecule has 3 rings (SSSR count). The van der Waals surface area contributed by atoms with Crippen molar-refractivity contribution in [1.82, 2.24) is 0 Å². The van der Waals surface area contributed by atoms with E-state index in [1.165, 1.54) is 12.7 Å². The minimum absolute atomic E-state index is 0.0405. The third kappa shape index (κ3) is 4.09. The molecule has 6 heteroatoms. The van der Waals surface area contributed by atoms with Crippen molar-refractivity contribution >= 4 is 6.16 Å². The summed E-state index contributed by atoms with van der Waals surface area (Å²) >= 11 is 0. The molecule has 0 unspecified atom stereocenters. The van der Waals surface area contributed by atoms with Gasteiger partial charge in [0.05, 0.1) is 28.4 Å². The normalized spacial score (nSPS) is 19.8. The largest absolute Gasteiger partial charge is 0.508 e. The van der Waals surface area contributed by atoms with E-state index in [0.717, 1.165) is 65.2 Å². The van der Waals surface area contributed by atoms with Crippen molar-refractivity contribution in [3.63, 3.8) is 0 Å². The van der Waals surface area contributed by atoms with Crippen molar-refractivity contribution in [1.29, 1.82) is 0 Å². The number of allylic oxidation sites excluding steroid dienone is 1. The van der Waals surface area contributed by atoms with E-state index in [0.29, 0.717) is 6.42 Å². The van der Waals surface area contributed by atoms with Gasteiger partial charge in [-0.1, -0.05) is 33.3 Å². The van der Waals surface area contributed by atoms with Crippen LogP contribution < -0.4 is 14.2 Å². The lowest BCUT2D eigenvalue weighted by molar-refractivity contribution is 0.0371. The average Bonchev–Trinajstić information content (AvgIpc) is 2.94. The van der Waals surface area contributed by atoms with E-state index in [-0.39, 0.29) is 17.4 Å². The van der Waals surface area contributed by atoms with Crippen LogP contribution in [0.25, 0.3) is 0 Å². The summed E-state index contributed by atoms with van der Waals surface area (Å²) in [4.78, 5) is 12.0. The van der Waals surface area contributed by atoms with Crippen LogP contribution in [0.3, 0.4) is 0 Å². The fourth-order valence-corrected chi connectivity index (χ4v) is 5.33. The van der Waals surface area contributed by atoms with Gasteiger partial charge in [0.2, 0.25) is 0 Å². The first-order valence-electron chi connectivity index (χ1n) is 11.0. The van der Waals surface area contributed by atoms with E-state index in [1.54, 1.807) is 21.3 Å². The van der Waals surface area contributed by atoms with Crippen LogP contribution in [0.15, 0.2) is 11.1 Å². The number of methoxy groups -OCH3 is 4. The molecule has 6 nitrogen and oxygen atoms in total. The molecule has 0 aliphatic heterocycles. The van der Waals surface area contributed by atoms with E-state index >= 15 is 0 Å². The zero-order valence-electron chi connectivity index (χ0n) is 20.1. The summed E-state index contributed by atoms with van der Waals surface area (Å²) in [7, 11) is 6.42. The summed E-state index contributed by atoms with van der Waals surface area (Å²) in [6.07, 6.45) is 3.15. The highest BCUT2D eigenvalue weighted by Gasteiger charge is 2.40. The van der Waals surface area contributed by atoms with Crippen LogP contribution in [0, 0.1) is 5.41 Å². The maximum absolute atomic E-state index is 12.0. The van der Waals surface area contributed by atoms with Crippen molar-refractivity contribution in [2.75, 3.05) is 28.4 Å². The Morgan fingerprint density at radius 2 is 1.58 bits per heavy atom. The standard InChI is InChI=1S/C25H36O6/c1-14(2)20-21(27-5)15-9-10-18-17(13-16(15)22(28-6)23(20)29-7)19(31-24(26)30-8)11-12-25(18,3)4/h14,19H,9-13H2,1-8H3/t19-/m1/s1. The zero-order chi connectivity index (χ0) is 22.9. The van der Waals surface area contributed by atoms with E-state index in [9.17, 15) is 4.79 Å².